The highest BCUT2D eigenvalue weighted by Crippen LogP contribution is 1.93. The highest BCUT2D eigenvalue weighted by Gasteiger charge is 2.03. The summed E-state index contributed by atoms with van der Waals surface area (Å²) in [6.45, 7) is 0. The van der Waals surface area contributed by atoms with E-state index in [1.807, 2.05) is 6.07 Å². The maximum absolute atomic E-state index is 11.5. The van der Waals surface area contributed by atoms with Gasteiger partial charge >= 0.3 is 11.9 Å². The van der Waals surface area contributed by atoms with Crippen molar-refractivity contribution in [3.05, 3.63) is 60.2 Å². The molecule has 9 heteroatoms. The van der Waals surface area contributed by atoms with Crippen LogP contribution in [-0.4, -0.2) is 44.2 Å². The minimum Gasteiger partial charge on any atom is -0.481 e. The summed E-state index contributed by atoms with van der Waals surface area (Å²) in [6, 6.07) is 8.74. The van der Waals surface area contributed by atoms with E-state index in [1.165, 1.54) is 6.21 Å². The highest BCUT2D eigenvalue weighted by atomic mass is 16.4. The Bertz CT molecular complexity index is 692. The Balaban J connectivity index is 0.000000351. The summed E-state index contributed by atoms with van der Waals surface area (Å²) in [4.78, 5) is 38.2. The van der Waals surface area contributed by atoms with E-state index < -0.39 is 18.4 Å². The first-order valence-corrected chi connectivity index (χ1v) is 6.57. The van der Waals surface area contributed by atoms with E-state index in [-0.39, 0.29) is 5.91 Å². The number of carbonyl (C=O) groups excluding carboxylic acids is 1. The van der Waals surface area contributed by atoms with Gasteiger partial charge in [-0.1, -0.05) is 12.1 Å². The molecule has 24 heavy (non-hydrogen) atoms. The van der Waals surface area contributed by atoms with Gasteiger partial charge in [-0.2, -0.15) is 5.10 Å². The molecule has 0 unspecified atom stereocenters. The molecular formula is C15H14N4O5. The van der Waals surface area contributed by atoms with Gasteiger partial charge in [0.15, 0.2) is 0 Å². The minimum atomic E-state index is -1.31. The van der Waals surface area contributed by atoms with Crippen molar-refractivity contribution in [2.75, 3.05) is 0 Å². The van der Waals surface area contributed by atoms with Crippen LogP contribution in [0.1, 0.15) is 22.5 Å². The fraction of sp³-hybridized carbons (Fsp3) is 0.0667. The molecule has 0 atom stereocenters. The molecule has 0 spiro atoms. The number of carbonyl (C=O) groups is 3. The molecule has 0 saturated carbocycles. The van der Waals surface area contributed by atoms with Gasteiger partial charge in [-0.05, 0) is 18.2 Å². The average molecular weight is 330 g/mol. The van der Waals surface area contributed by atoms with E-state index in [9.17, 15) is 14.4 Å². The smallest absolute Gasteiger partial charge is 0.314 e. The first-order valence-electron chi connectivity index (χ1n) is 6.57. The van der Waals surface area contributed by atoms with Crippen LogP contribution in [0.3, 0.4) is 0 Å². The number of carboxylic acids is 2. The van der Waals surface area contributed by atoms with Gasteiger partial charge in [0.2, 0.25) is 0 Å². The van der Waals surface area contributed by atoms with Gasteiger partial charge < -0.3 is 10.2 Å². The zero-order valence-corrected chi connectivity index (χ0v) is 12.4. The molecule has 0 aliphatic rings. The molecule has 0 radical (unpaired) electrons. The number of pyridine rings is 2. The molecule has 1 amide bonds. The second kappa shape index (κ2) is 10.2. The van der Waals surface area contributed by atoms with E-state index in [2.05, 4.69) is 20.5 Å². The summed E-state index contributed by atoms with van der Waals surface area (Å²) >= 11 is 0. The number of amides is 1. The molecule has 3 N–H and O–H groups in total. The predicted octanol–water partition coefficient (Wildman–Crippen LogP) is 0.786. The normalized spacial score (nSPS) is 9.67. The fourth-order valence-electron chi connectivity index (χ4n) is 1.30. The molecule has 2 heterocycles. The Kier molecular flexibility index (Phi) is 7.80. The Hall–Kier alpha value is -3.62. The Morgan fingerprint density at radius 1 is 1.08 bits per heavy atom. The van der Waals surface area contributed by atoms with Crippen LogP contribution in [0.15, 0.2) is 54.0 Å². The number of aromatic nitrogens is 2. The zero-order valence-electron chi connectivity index (χ0n) is 12.4. The van der Waals surface area contributed by atoms with Crippen molar-refractivity contribution in [2.24, 2.45) is 5.10 Å². The second-order valence-electron chi connectivity index (χ2n) is 4.16. The molecule has 0 fully saturated rings. The number of hydrazone groups is 1. The van der Waals surface area contributed by atoms with E-state index in [0.717, 1.165) is 5.56 Å². The summed E-state index contributed by atoms with van der Waals surface area (Å²) in [6.07, 6.45) is 5.59. The lowest BCUT2D eigenvalue weighted by Gasteiger charge is -1.97. The van der Waals surface area contributed by atoms with Crippen LogP contribution in [0.4, 0.5) is 0 Å². The van der Waals surface area contributed by atoms with Crippen LogP contribution >= 0.6 is 0 Å². The van der Waals surface area contributed by atoms with E-state index >= 15 is 0 Å². The van der Waals surface area contributed by atoms with Crippen molar-refractivity contribution in [1.29, 1.82) is 0 Å². The van der Waals surface area contributed by atoms with Crippen LogP contribution in [0.25, 0.3) is 0 Å². The van der Waals surface area contributed by atoms with E-state index in [0.29, 0.717) is 5.69 Å². The van der Waals surface area contributed by atoms with Gasteiger partial charge in [0.05, 0.1) is 6.21 Å². The van der Waals surface area contributed by atoms with Gasteiger partial charge in [-0.3, -0.25) is 24.4 Å². The van der Waals surface area contributed by atoms with Crippen molar-refractivity contribution in [3.8, 4) is 0 Å². The maximum atomic E-state index is 11.5. The SMILES string of the molecule is O=C(N/N=C/c1cccnc1)c1ccccn1.O=C(O)CC(=O)O. The average Bonchev–Trinajstić information content (AvgIpc) is 2.56. The maximum Gasteiger partial charge on any atom is 0.314 e. The van der Waals surface area contributed by atoms with Gasteiger partial charge in [-0.15, -0.1) is 0 Å². The molecule has 124 valence electrons. The number of nitrogens with zero attached hydrogens (tertiary/aromatic N) is 3. The number of aliphatic carboxylic acids is 2. The summed E-state index contributed by atoms with van der Waals surface area (Å²) < 4.78 is 0. The molecule has 9 nitrogen and oxygen atoms in total. The number of hydrogen-bond acceptors (Lipinski definition) is 6. The largest absolute Gasteiger partial charge is 0.481 e. The number of nitrogens with one attached hydrogen (secondary N) is 1. The predicted molar refractivity (Wildman–Crippen MR) is 83.4 cm³/mol. The van der Waals surface area contributed by atoms with Gasteiger partial charge in [-0.25, -0.2) is 5.43 Å². The van der Waals surface area contributed by atoms with E-state index in [4.69, 9.17) is 10.2 Å². The lowest BCUT2D eigenvalue weighted by molar-refractivity contribution is -0.147. The molecule has 2 rings (SSSR count). The molecule has 2 aromatic rings. The van der Waals surface area contributed by atoms with Crippen molar-refractivity contribution in [3.63, 3.8) is 0 Å². The lowest BCUT2D eigenvalue weighted by Crippen LogP contribution is -2.18. The van der Waals surface area contributed by atoms with Crippen LogP contribution in [-0.2, 0) is 9.59 Å². The molecule has 0 aromatic carbocycles. The Morgan fingerprint density at radius 3 is 2.33 bits per heavy atom. The summed E-state index contributed by atoms with van der Waals surface area (Å²) in [5.41, 5.74) is 3.53. The minimum absolute atomic E-state index is 0.329. The monoisotopic (exact) mass is 330 g/mol. The topological polar surface area (TPSA) is 142 Å². The molecule has 0 saturated heterocycles. The third kappa shape index (κ3) is 7.98. The molecule has 2 aromatic heterocycles. The zero-order chi connectivity index (χ0) is 17.8. The van der Waals surface area contributed by atoms with Crippen molar-refractivity contribution in [1.82, 2.24) is 15.4 Å². The van der Waals surface area contributed by atoms with Crippen LogP contribution in [0, 0.1) is 0 Å². The summed E-state index contributed by atoms with van der Waals surface area (Å²) in [5.74, 6) is -2.97. The molecule has 0 bridgehead atoms. The third-order valence-corrected chi connectivity index (χ3v) is 2.26. The van der Waals surface area contributed by atoms with Crippen LogP contribution in [0.5, 0.6) is 0 Å². The fourth-order valence-corrected chi connectivity index (χ4v) is 1.30. The van der Waals surface area contributed by atoms with Gasteiger partial charge in [0.25, 0.3) is 5.91 Å². The number of carboxylic acid groups (broad SMARTS) is 2. The van der Waals surface area contributed by atoms with Crippen molar-refractivity contribution < 1.29 is 24.6 Å². The molecule has 0 aliphatic carbocycles. The van der Waals surface area contributed by atoms with E-state index in [1.54, 1.807) is 42.9 Å². The Morgan fingerprint density at radius 2 is 1.83 bits per heavy atom. The van der Waals surface area contributed by atoms with Gasteiger partial charge in [0, 0.05) is 24.2 Å². The lowest BCUT2D eigenvalue weighted by atomic mass is 10.3. The van der Waals surface area contributed by atoms with Crippen molar-refractivity contribution in [2.45, 2.75) is 6.42 Å². The van der Waals surface area contributed by atoms with Crippen LogP contribution < -0.4 is 5.43 Å². The Labute approximate surface area is 136 Å². The van der Waals surface area contributed by atoms with Crippen LogP contribution in [0.2, 0.25) is 0 Å². The van der Waals surface area contributed by atoms with Gasteiger partial charge in [0.1, 0.15) is 12.1 Å². The highest BCUT2D eigenvalue weighted by molar-refractivity contribution is 5.93. The molecular weight excluding hydrogens is 316 g/mol. The quantitative estimate of drug-likeness (QED) is 0.418. The number of rotatable bonds is 5. The summed E-state index contributed by atoms with van der Waals surface area (Å²) in [5, 5.41) is 19.2. The second-order valence-corrected chi connectivity index (χ2v) is 4.16. The summed E-state index contributed by atoms with van der Waals surface area (Å²) in [7, 11) is 0. The first kappa shape index (κ1) is 18.4. The first-order chi connectivity index (χ1) is 11.5. The standard InChI is InChI=1S/C12H10N4O.C3H4O4/c17-12(11-5-1-2-7-14-11)16-15-9-10-4-3-6-13-8-10;4-2(5)1-3(6)7/h1-9H,(H,16,17);1H2,(H,4,5)(H,6,7)/b15-9+;. The third-order valence-electron chi connectivity index (χ3n) is 2.26. The van der Waals surface area contributed by atoms with Crippen molar-refractivity contribution >= 4 is 24.1 Å². The molecule has 0 aliphatic heterocycles. The number of hydrogen-bond donors (Lipinski definition) is 3.